The maximum Gasteiger partial charge on any atom is 0.275 e. The van der Waals surface area contributed by atoms with Gasteiger partial charge in [-0.1, -0.05) is 6.58 Å². The number of aromatic nitrogens is 2. The number of hydrogen-bond acceptors (Lipinski definition) is 8. The molecule has 4 aromatic rings. The van der Waals surface area contributed by atoms with E-state index in [9.17, 15) is 4.79 Å². The number of carbonyl (C=O) groups is 1. The van der Waals surface area contributed by atoms with Crippen molar-refractivity contribution in [1.29, 1.82) is 0 Å². The van der Waals surface area contributed by atoms with Crippen molar-refractivity contribution in [3.8, 4) is 21.7 Å². The molecule has 4 heterocycles. The highest BCUT2D eigenvalue weighted by molar-refractivity contribution is 7.13. The topological polar surface area (TPSA) is 79.4 Å². The number of morpholine rings is 1. The summed E-state index contributed by atoms with van der Waals surface area (Å²) >= 11 is 3.06. The van der Waals surface area contributed by atoms with E-state index >= 15 is 0 Å². The predicted molar refractivity (Wildman–Crippen MR) is 148 cm³/mol. The van der Waals surface area contributed by atoms with Crippen LogP contribution in [0.3, 0.4) is 0 Å². The Morgan fingerprint density at radius 3 is 2.75 bits per heavy atom. The van der Waals surface area contributed by atoms with Crippen LogP contribution in [0.25, 0.3) is 34.5 Å². The number of amides is 1. The molecule has 7 nitrogen and oxygen atoms in total. The van der Waals surface area contributed by atoms with Crippen molar-refractivity contribution < 1.29 is 9.53 Å². The Kier molecular flexibility index (Phi) is 7.82. The number of rotatable bonds is 8. The minimum absolute atomic E-state index is 0.244. The van der Waals surface area contributed by atoms with Gasteiger partial charge in [-0.2, -0.15) is 11.3 Å². The molecular formula is C27H27N5O2S2. The SMILES string of the molecule is C=c1cc(-c2ccsc2)c(NC(=O)c2csc(-c3ccncc3)n2)c/c1=C/NCCN1CCOCC1. The molecule has 1 saturated heterocycles. The van der Waals surface area contributed by atoms with E-state index in [1.54, 1.807) is 29.1 Å². The normalized spacial score (nSPS) is 14.6. The second-order valence-corrected chi connectivity index (χ2v) is 10.0. The quantitative estimate of drug-likeness (QED) is 0.350. The molecule has 0 bridgehead atoms. The second-order valence-electron chi connectivity index (χ2n) is 8.39. The van der Waals surface area contributed by atoms with Crippen molar-refractivity contribution in [2.45, 2.75) is 0 Å². The summed E-state index contributed by atoms with van der Waals surface area (Å²) in [5.41, 5.74) is 4.03. The Morgan fingerprint density at radius 2 is 1.97 bits per heavy atom. The molecule has 1 amide bonds. The molecule has 0 radical (unpaired) electrons. The molecule has 1 aliphatic heterocycles. The first-order valence-electron chi connectivity index (χ1n) is 11.7. The molecule has 184 valence electrons. The lowest BCUT2D eigenvalue weighted by molar-refractivity contribution is 0.0389. The van der Waals surface area contributed by atoms with Crippen LogP contribution in [0.15, 0.2) is 58.9 Å². The number of thiazole rings is 1. The average Bonchev–Trinajstić information content (AvgIpc) is 3.62. The fourth-order valence-corrected chi connectivity index (χ4v) is 5.44. The number of thiophene rings is 1. The van der Waals surface area contributed by atoms with E-state index in [0.29, 0.717) is 5.69 Å². The predicted octanol–water partition coefficient (Wildman–Crippen LogP) is 3.26. The third kappa shape index (κ3) is 5.88. The van der Waals surface area contributed by atoms with Crippen LogP contribution >= 0.6 is 22.7 Å². The maximum atomic E-state index is 13.2. The van der Waals surface area contributed by atoms with Crippen LogP contribution in [-0.2, 0) is 4.74 Å². The van der Waals surface area contributed by atoms with Gasteiger partial charge in [-0.05, 0) is 57.1 Å². The van der Waals surface area contributed by atoms with Gasteiger partial charge in [0.05, 0.1) is 13.2 Å². The molecular weight excluding hydrogens is 490 g/mol. The van der Waals surface area contributed by atoms with Gasteiger partial charge in [0.1, 0.15) is 10.7 Å². The zero-order valence-corrected chi connectivity index (χ0v) is 21.4. The molecule has 9 heteroatoms. The van der Waals surface area contributed by atoms with Gasteiger partial charge < -0.3 is 15.4 Å². The fraction of sp³-hybridized carbons (Fsp3) is 0.222. The summed E-state index contributed by atoms with van der Waals surface area (Å²) in [4.78, 5) is 24.2. The van der Waals surface area contributed by atoms with E-state index in [2.05, 4.69) is 37.5 Å². The number of ether oxygens (including phenoxy) is 1. The zero-order chi connectivity index (χ0) is 24.7. The largest absolute Gasteiger partial charge is 0.389 e. The minimum Gasteiger partial charge on any atom is -0.389 e. The van der Waals surface area contributed by atoms with E-state index in [-0.39, 0.29) is 5.91 Å². The molecule has 0 aliphatic carbocycles. The van der Waals surface area contributed by atoms with E-state index in [1.807, 2.05) is 41.9 Å². The smallest absolute Gasteiger partial charge is 0.275 e. The third-order valence-corrected chi connectivity index (χ3v) is 7.53. The summed E-state index contributed by atoms with van der Waals surface area (Å²) in [7, 11) is 0. The van der Waals surface area contributed by atoms with Crippen molar-refractivity contribution in [2.75, 3.05) is 44.7 Å². The van der Waals surface area contributed by atoms with Crippen LogP contribution in [-0.4, -0.2) is 60.2 Å². The van der Waals surface area contributed by atoms with E-state index in [0.717, 1.165) is 77.2 Å². The number of carbonyl (C=O) groups excluding carboxylic acids is 1. The molecule has 2 N–H and O–H groups in total. The van der Waals surface area contributed by atoms with Gasteiger partial charge in [-0.25, -0.2) is 4.98 Å². The summed E-state index contributed by atoms with van der Waals surface area (Å²) in [6.07, 6.45) is 5.41. The number of anilines is 1. The van der Waals surface area contributed by atoms with Gasteiger partial charge in [0.15, 0.2) is 0 Å². The highest BCUT2D eigenvalue weighted by atomic mass is 32.1. The van der Waals surface area contributed by atoms with Crippen LogP contribution in [0.2, 0.25) is 0 Å². The molecule has 0 unspecified atom stereocenters. The average molecular weight is 518 g/mol. The van der Waals surface area contributed by atoms with Crippen LogP contribution in [0.5, 0.6) is 0 Å². The Hall–Kier alpha value is -3.37. The monoisotopic (exact) mass is 517 g/mol. The Morgan fingerprint density at radius 1 is 1.14 bits per heavy atom. The Bertz CT molecular complexity index is 1410. The zero-order valence-electron chi connectivity index (χ0n) is 19.8. The van der Waals surface area contributed by atoms with Gasteiger partial charge >= 0.3 is 0 Å². The first-order valence-corrected chi connectivity index (χ1v) is 13.6. The summed E-state index contributed by atoms with van der Waals surface area (Å²) in [6.45, 7) is 9.55. The van der Waals surface area contributed by atoms with E-state index in [4.69, 9.17) is 4.74 Å². The van der Waals surface area contributed by atoms with Crippen LogP contribution < -0.4 is 21.1 Å². The highest BCUT2D eigenvalue weighted by Gasteiger charge is 2.15. The second kappa shape index (κ2) is 11.6. The molecule has 1 aromatic carbocycles. The fourth-order valence-electron chi connectivity index (χ4n) is 3.98. The van der Waals surface area contributed by atoms with Gasteiger partial charge in [0.2, 0.25) is 0 Å². The van der Waals surface area contributed by atoms with Gasteiger partial charge in [-0.3, -0.25) is 14.7 Å². The van der Waals surface area contributed by atoms with E-state index in [1.165, 1.54) is 11.3 Å². The number of hydrogen-bond donors (Lipinski definition) is 2. The van der Waals surface area contributed by atoms with Crippen LogP contribution in [0.1, 0.15) is 10.5 Å². The lowest BCUT2D eigenvalue weighted by atomic mass is 10.0. The Balaban J connectivity index is 1.36. The summed E-state index contributed by atoms with van der Waals surface area (Å²) in [6, 6.07) is 9.82. The van der Waals surface area contributed by atoms with Gasteiger partial charge in [-0.15, -0.1) is 11.3 Å². The van der Waals surface area contributed by atoms with Crippen LogP contribution in [0, 0.1) is 0 Å². The lowest BCUT2D eigenvalue weighted by Crippen LogP contribution is -2.40. The van der Waals surface area contributed by atoms with Crippen LogP contribution in [0.4, 0.5) is 5.69 Å². The summed E-state index contributed by atoms with van der Waals surface area (Å²) in [5, 5.41) is 15.0. The minimum atomic E-state index is -0.244. The number of nitrogens with zero attached hydrogens (tertiary/aromatic N) is 3. The van der Waals surface area contributed by atoms with E-state index < -0.39 is 0 Å². The molecule has 1 aliphatic rings. The lowest BCUT2D eigenvalue weighted by Gasteiger charge is -2.26. The number of pyridine rings is 1. The molecule has 0 saturated carbocycles. The standard InChI is InChI=1S/C27H27N5O2S2/c1-19-14-23(21-4-13-35-17-21)24(15-22(19)16-29-7-8-32-9-11-34-12-10-32)30-26(33)25-18-36-27(31-25)20-2-5-28-6-3-20/h2-6,13-18,29H,1,7-12H2,(H,30,33)/b22-16-. The Labute approximate surface area is 217 Å². The molecule has 1 fully saturated rings. The van der Waals surface area contributed by atoms with Gasteiger partial charge in [0.25, 0.3) is 5.91 Å². The molecule has 5 rings (SSSR count). The first kappa shape index (κ1) is 24.3. The third-order valence-electron chi connectivity index (χ3n) is 5.96. The van der Waals surface area contributed by atoms with Crippen molar-refractivity contribution in [2.24, 2.45) is 0 Å². The van der Waals surface area contributed by atoms with Crippen molar-refractivity contribution in [1.82, 2.24) is 20.2 Å². The van der Waals surface area contributed by atoms with Gasteiger partial charge in [0, 0.05) is 67.0 Å². The molecule has 3 aromatic heterocycles. The maximum absolute atomic E-state index is 13.2. The summed E-state index contributed by atoms with van der Waals surface area (Å²) < 4.78 is 5.42. The van der Waals surface area contributed by atoms with Crippen molar-refractivity contribution >= 4 is 47.0 Å². The summed E-state index contributed by atoms with van der Waals surface area (Å²) in [5.74, 6) is -0.244. The molecule has 0 spiro atoms. The van der Waals surface area contributed by atoms with Crippen molar-refractivity contribution in [3.05, 3.63) is 75.0 Å². The van der Waals surface area contributed by atoms with Crippen molar-refractivity contribution in [3.63, 3.8) is 0 Å². The number of nitrogens with one attached hydrogen (secondary N) is 2. The highest BCUT2D eigenvalue weighted by Crippen LogP contribution is 2.29. The number of benzene rings is 1. The molecule has 36 heavy (non-hydrogen) atoms. The first-order chi connectivity index (χ1) is 17.7. The molecule has 0 atom stereocenters.